The Morgan fingerprint density at radius 1 is 1.40 bits per heavy atom. The molecule has 0 radical (unpaired) electrons. The van der Waals surface area contributed by atoms with Crippen molar-refractivity contribution in [3.8, 4) is 0 Å². The standard InChI is InChI=1S/C15H22N2O2S/c1-4-5-12(18)17-15-13(14(19)16-3)10-7-6-9(2)8-11(10)20-15/h9H,4-8H2,1-3H3,(H,16,19)(H,17,18)/t9-/m0/s1. The third kappa shape index (κ3) is 3.03. The van der Waals surface area contributed by atoms with Crippen LogP contribution in [0.3, 0.4) is 0 Å². The maximum absolute atomic E-state index is 12.1. The monoisotopic (exact) mass is 294 g/mol. The number of nitrogens with one attached hydrogen (secondary N) is 2. The van der Waals surface area contributed by atoms with Crippen LogP contribution >= 0.6 is 11.3 Å². The molecule has 5 heteroatoms. The molecule has 1 aromatic rings. The summed E-state index contributed by atoms with van der Waals surface area (Å²) >= 11 is 1.57. The van der Waals surface area contributed by atoms with Gasteiger partial charge in [0.15, 0.2) is 0 Å². The Morgan fingerprint density at radius 2 is 2.15 bits per heavy atom. The van der Waals surface area contributed by atoms with Crippen LogP contribution in [0, 0.1) is 5.92 Å². The number of hydrogen-bond acceptors (Lipinski definition) is 3. The molecule has 1 atom stereocenters. The molecule has 2 rings (SSSR count). The molecule has 1 aromatic heterocycles. The summed E-state index contributed by atoms with van der Waals surface area (Å²) < 4.78 is 0. The molecule has 1 aliphatic carbocycles. The fraction of sp³-hybridized carbons (Fsp3) is 0.600. The van der Waals surface area contributed by atoms with Gasteiger partial charge in [-0.15, -0.1) is 11.3 Å². The Hall–Kier alpha value is -1.36. The van der Waals surface area contributed by atoms with Gasteiger partial charge < -0.3 is 10.6 Å². The van der Waals surface area contributed by atoms with Crippen LogP contribution in [0.4, 0.5) is 5.00 Å². The summed E-state index contributed by atoms with van der Waals surface area (Å²) in [7, 11) is 1.63. The molecule has 0 saturated carbocycles. The number of thiophene rings is 1. The van der Waals surface area contributed by atoms with Gasteiger partial charge in [0.1, 0.15) is 5.00 Å². The predicted molar refractivity (Wildman–Crippen MR) is 82.4 cm³/mol. The van der Waals surface area contributed by atoms with Gasteiger partial charge in [0.2, 0.25) is 5.91 Å². The first-order chi connectivity index (χ1) is 9.56. The summed E-state index contributed by atoms with van der Waals surface area (Å²) in [5.74, 6) is 0.547. The van der Waals surface area contributed by atoms with Crippen molar-refractivity contribution in [2.75, 3.05) is 12.4 Å². The van der Waals surface area contributed by atoms with Gasteiger partial charge in [-0.05, 0) is 37.2 Å². The maximum Gasteiger partial charge on any atom is 0.254 e. The minimum atomic E-state index is -0.0937. The molecule has 0 fully saturated rings. The van der Waals surface area contributed by atoms with E-state index in [1.165, 1.54) is 4.88 Å². The Labute approximate surface area is 124 Å². The van der Waals surface area contributed by atoms with Crippen molar-refractivity contribution in [3.63, 3.8) is 0 Å². The van der Waals surface area contributed by atoms with Gasteiger partial charge in [-0.3, -0.25) is 9.59 Å². The largest absolute Gasteiger partial charge is 0.355 e. The first kappa shape index (κ1) is 15.0. The van der Waals surface area contributed by atoms with Crippen molar-refractivity contribution in [1.29, 1.82) is 0 Å². The number of carbonyl (C=O) groups excluding carboxylic acids is 2. The van der Waals surface area contributed by atoms with E-state index in [0.717, 1.165) is 36.2 Å². The summed E-state index contributed by atoms with van der Waals surface area (Å²) in [5, 5.41) is 6.33. The van der Waals surface area contributed by atoms with E-state index >= 15 is 0 Å². The van der Waals surface area contributed by atoms with Crippen molar-refractivity contribution in [2.45, 2.75) is 46.0 Å². The first-order valence-corrected chi connectivity index (χ1v) is 8.04. The molecule has 110 valence electrons. The fourth-order valence-electron chi connectivity index (χ4n) is 2.62. The van der Waals surface area contributed by atoms with Crippen molar-refractivity contribution in [2.24, 2.45) is 5.92 Å². The van der Waals surface area contributed by atoms with Gasteiger partial charge in [-0.2, -0.15) is 0 Å². The molecule has 0 unspecified atom stereocenters. The van der Waals surface area contributed by atoms with E-state index in [1.54, 1.807) is 18.4 Å². The SMILES string of the molecule is CCCC(=O)Nc1sc2c(c1C(=O)NC)CC[C@H](C)C2. The molecule has 2 amide bonds. The van der Waals surface area contributed by atoms with Crippen LogP contribution in [0.15, 0.2) is 0 Å². The van der Waals surface area contributed by atoms with Gasteiger partial charge in [0.25, 0.3) is 5.91 Å². The van der Waals surface area contributed by atoms with Gasteiger partial charge in [-0.25, -0.2) is 0 Å². The average Bonchev–Trinajstić information content (AvgIpc) is 2.74. The summed E-state index contributed by atoms with van der Waals surface area (Å²) in [6, 6.07) is 0. The van der Waals surface area contributed by atoms with E-state index in [0.29, 0.717) is 17.9 Å². The van der Waals surface area contributed by atoms with Crippen LogP contribution in [0.2, 0.25) is 0 Å². The number of fused-ring (bicyclic) bond motifs is 1. The molecule has 20 heavy (non-hydrogen) atoms. The molecule has 0 aliphatic heterocycles. The Balaban J connectivity index is 2.35. The van der Waals surface area contributed by atoms with Gasteiger partial charge in [0, 0.05) is 18.3 Å². The Morgan fingerprint density at radius 3 is 2.80 bits per heavy atom. The molecule has 1 aliphatic rings. The molecule has 0 saturated heterocycles. The van der Waals surface area contributed by atoms with Crippen LogP contribution in [0.1, 0.15) is 53.9 Å². The zero-order chi connectivity index (χ0) is 14.7. The number of amides is 2. The van der Waals surface area contributed by atoms with Gasteiger partial charge in [-0.1, -0.05) is 13.8 Å². The number of hydrogen-bond donors (Lipinski definition) is 2. The third-order valence-electron chi connectivity index (χ3n) is 3.70. The van der Waals surface area contributed by atoms with E-state index in [1.807, 2.05) is 6.92 Å². The van der Waals surface area contributed by atoms with Crippen LogP contribution in [-0.4, -0.2) is 18.9 Å². The minimum Gasteiger partial charge on any atom is -0.355 e. The van der Waals surface area contributed by atoms with Crippen molar-refractivity contribution >= 4 is 28.2 Å². The van der Waals surface area contributed by atoms with Gasteiger partial charge in [0.05, 0.1) is 5.56 Å². The lowest BCUT2D eigenvalue weighted by atomic mass is 9.88. The van der Waals surface area contributed by atoms with E-state index in [9.17, 15) is 9.59 Å². The average molecular weight is 294 g/mol. The van der Waals surface area contributed by atoms with Crippen LogP contribution in [0.25, 0.3) is 0 Å². The highest BCUT2D eigenvalue weighted by Crippen LogP contribution is 2.39. The molecule has 0 aromatic carbocycles. The zero-order valence-electron chi connectivity index (χ0n) is 12.3. The maximum atomic E-state index is 12.1. The fourth-order valence-corrected chi connectivity index (χ4v) is 4.04. The minimum absolute atomic E-state index is 0.00991. The van der Waals surface area contributed by atoms with Crippen LogP contribution < -0.4 is 10.6 Å². The summed E-state index contributed by atoms with van der Waals surface area (Å²) in [6.45, 7) is 4.21. The second kappa shape index (κ2) is 6.39. The van der Waals surface area contributed by atoms with E-state index < -0.39 is 0 Å². The topological polar surface area (TPSA) is 58.2 Å². The number of carbonyl (C=O) groups is 2. The van der Waals surface area contributed by atoms with Crippen LogP contribution in [-0.2, 0) is 17.6 Å². The molecule has 0 bridgehead atoms. The predicted octanol–water partition coefficient (Wildman–Crippen LogP) is 2.97. The molecule has 4 nitrogen and oxygen atoms in total. The molecule has 0 spiro atoms. The second-order valence-corrected chi connectivity index (χ2v) is 6.54. The van der Waals surface area contributed by atoms with Gasteiger partial charge >= 0.3 is 0 Å². The second-order valence-electron chi connectivity index (χ2n) is 5.43. The normalized spacial score (nSPS) is 17.4. The Bertz CT molecular complexity index is 522. The molecule has 1 heterocycles. The highest BCUT2D eigenvalue weighted by molar-refractivity contribution is 7.17. The molecular weight excluding hydrogens is 272 g/mol. The number of rotatable bonds is 4. The third-order valence-corrected chi connectivity index (χ3v) is 4.87. The molecular formula is C15H22N2O2S. The van der Waals surface area contributed by atoms with E-state index in [2.05, 4.69) is 17.6 Å². The first-order valence-electron chi connectivity index (χ1n) is 7.23. The smallest absolute Gasteiger partial charge is 0.254 e. The highest BCUT2D eigenvalue weighted by atomic mass is 32.1. The summed E-state index contributed by atoms with van der Waals surface area (Å²) in [4.78, 5) is 25.2. The lowest BCUT2D eigenvalue weighted by molar-refractivity contribution is -0.116. The quantitative estimate of drug-likeness (QED) is 0.897. The lowest BCUT2D eigenvalue weighted by Gasteiger charge is -2.18. The molecule has 2 N–H and O–H groups in total. The van der Waals surface area contributed by atoms with E-state index in [-0.39, 0.29) is 11.8 Å². The highest BCUT2D eigenvalue weighted by Gasteiger charge is 2.27. The lowest BCUT2D eigenvalue weighted by Crippen LogP contribution is -2.22. The van der Waals surface area contributed by atoms with E-state index in [4.69, 9.17) is 0 Å². The summed E-state index contributed by atoms with van der Waals surface area (Å²) in [5.41, 5.74) is 1.82. The zero-order valence-corrected chi connectivity index (χ0v) is 13.2. The van der Waals surface area contributed by atoms with Crippen molar-refractivity contribution < 1.29 is 9.59 Å². The number of anilines is 1. The van der Waals surface area contributed by atoms with Crippen molar-refractivity contribution in [3.05, 3.63) is 16.0 Å². The summed E-state index contributed by atoms with van der Waals surface area (Å²) in [6.07, 6.45) is 4.35. The van der Waals surface area contributed by atoms with Crippen LogP contribution in [0.5, 0.6) is 0 Å². The van der Waals surface area contributed by atoms with Crippen molar-refractivity contribution in [1.82, 2.24) is 5.32 Å². The Kier molecular flexibility index (Phi) is 4.81.